The third-order valence-corrected chi connectivity index (χ3v) is 18.6. The zero-order valence-corrected chi connectivity index (χ0v) is 46.4. The Morgan fingerprint density at radius 1 is 0.337 bits per heavy atom. The minimum atomic E-state index is -0.749. The van der Waals surface area contributed by atoms with Crippen molar-refractivity contribution >= 4 is 54.9 Å². The van der Waals surface area contributed by atoms with Gasteiger partial charge in [-0.2, -0.15) is 10.5 Å². The minimum absolute atomic E-state index is 0.516. The van der Waals surface area contributed by atoms with Gasteiger partial charge in [0.05, 0.1) is 83.3 Å². The Morgan fingerprint density at radius 3 is 1.00 bits per heavy atom. The lowest BCUT2D eigenvalue weighted by molar-refractivity contribution is 0.414. The number of aromatic nitrogens is 2. The fraction of sp³-hybridized carbons (Fsp3) is 0.0811. The van der Waals surface area contributed by atoms with Gasteiger partial charge in [0.1, 0.15) is 34.0 Å². The molecule has 83 heavy (non-hydrogen) atoms. The molecule has 0 saturated heterocycles. The largest absolute Gasteiger partial charge is 0.497 e. The summed E-state index contributed by atoms with van der Waals surface area (Å²) in [4.78, 5) is 13.7. The number of hydrogen-bond donors (Lipinski definition) is 0. The topological polar surface area (TPSA) is 110 Å². The average Bonchev–Trinajstić information content (AvgIpc) is 2.40. The van der Waals surface area contributed by atoms with Gasteiger partial charge in [0.25, 0.3) is 0 Å². The van der Waals surface area contributed by atoms with Gasteiger partial charge < -0.3 is 18.9 Å². The van der Waals surface area contributed by atoms with Crippen LogP contribution in [0.3, 0.4) is 0 Å². The lowest BCUT2D eigenvalue weighted by Crippen LogP contribution is -2.28. The van der Waals surface area contributed by atoms with Crippen LogP contribution in [0.1, 0.15) is 55.6 Å². The predicted octanol–water partition coefficient (Wildman–Crippen LogP) is 17.0. The molecular formula is C74H48N4O4S. The lowest BCUT2D eigenvalue weighted by Gasteiger charge is -2.34. The number of ether oxygens (including phenoxy) is 4. The molecule has 0 saturated carbocycles. The van der Waals surface area contributed by atoms with Crippen LogP contribution < -0.4 is 18.9 Å². The van der Waals surface area contributed by atoms with Crippen molar-refractivity contribution in [2.24, 2.45) is 0 Å². The second kappa shape index (κ2) is 19.0. The first-order valence-corrected chi connectivity index (χ1v) is 28.2. The van der Waals surface area contributed by atoms with Crippen LogP contribution in [0.2, 0.25) is 0 Å². The molecule has 0 unspecified atom stereocenters. The molecule has 0 aliphatic heterocycles. The van der Waals surface area contributed by atoms with E-state index < -0.39 is 10.8 Å². The van der Waals surface area contributed by atoms with Crippen LogP contribution in [0.15, 0.2) is 218 Å². The molecule has 0 fully saturated rings. The van der Waals surface area contributed by atoms with Gasteiger partial charge in [0.2, 0.25) is 0 Å². The first kappa shape index (κ1) is 49.5. The summed E-state index contributed by atoms with van der Waals surface area (Å²) in [6.45, 7) is 0. The van der Waals surface area contributed by atoms with E-state index in [9.17, 15) is 10.5 Å². The van der Waals surface area contributed by atoms with Gasteiger partial charge in [-0.1, -0.05) is 146 Å². The van der Waals surface area contributed by atoms with Crippen molar-refractivity contribution < 1.29 is 18.9 Å². The number of rotatable bonds is 10. The molecule has 0 bridgehead atoms. The zero-order chi connectivity index (χ0) is 56.1. The molecule has 2 aliphatic carbocycles. The molecule has 2 aromatic heterocycles. The third kappa shape index (κ3) is 7.02. The number of nitriles is 2. The standard InChI is InChI=1S/C74H48N4O4S/c1-79-49-29-21-45(22-30-49)73(46-23-31-50(80-2)32-24-46)61-15-7-5-11-55(61)65-57(13-9-17-63(65)73)71-69-70(78-68-54-38-20-44(42-76)40-60(54)59-39-43(41-75)19-37-53(59)67(68)77-69)72(83-71)58-14-10-18-64-66(58)56-12-6-8-16-62(56)74(64,47-25-33-51(81-3)34-26-47)48-27-35-52(82-4)36-28-48/h5-40H,1-4H3. The normalized spacial score (nSPS) is 13.2. The predicted molar refractivity (Wildman–Crippen MR) is 331 cm³/mol. The van der Waals surface area contributed by atoms with Gasteiger partial charge in [0.15, 0.2) is 0 Å². The average molecular weight is 1090 g/mol. The molecule has 15 rings (SSSR count). The lowest BCUT2D eigenvalue weighted by atomic mass is 9.67. The third-order valence-electron chi connectivity index (χ3n) is 17.3. The van der Waals surface area contributed by atoms with Crippen molar-refractivity contribution in [1.82, 2.24) is 9.97 Å². The number of hydrogen-bond acceptors (Lipinski definition) is 9. The molecule has 394 valence electrons. The van der Waals surface area contributed by atoms with Crippen molar-refractivity contribution in [3.05, 3.63) is 274 Å². The van der Waals surface area contributed by atoms with Crippen molar-refractivity contribution in [2.75, 3.05) is 28.4 Å². The van der Waals surface area contributed by atoms with Gasteiger partial charge in [-0.3, -0.25) is 0 Å². The summed E-state index contributed by atoms with van der Waals surface area (Å²) in [6, 6.07) is 81.1. The maximum Gasteiger partial charge on any atom is 0.118 e. The quantitative estimate of drug-likeness (QED) is 0.125. The smallest absolute Gasteiger partial charge is 0.118 e. The van der Waals surface area contributed by atoms with E-state index in [1.165, 1.54) is 0 Å². The molecule has 0 N–H and O–H groups in total. The molecule has 2 heterocycles. The van der Waals surface area contributed by atoms with Crippen LogP contribution in [-0.4, -0.2) is 38.4 Å². The minimum Gasteiger partial charge on any atom is -0.497 e. The number of thiophene rings is 1. The first-order chi connectivity index (χ1) is 40.8. The Morgan fingerprint density at radius 2 is 0.663 bits per heavy atom. The Hall–Kier alpha value is -10.6. The van der Waals surface area contributed by atoms with E-state index in [1.54, 1.807) is 39.8 Å². The first-order valence-electron chi connectivity index (χ1n) is 27.4. The summed E-state index contributed by atoms with van der Waals surface area (Å²) < 4.78 is 23.0. The van der Waals surface area contributed by atoms with Gasteiger partial charge in [0, 0.05) is 21.9 Å². The summed E-state index contributed by atoms with van der Waals surface area (Å²) in [5.74, 6) is 3.10. The fourth-order valence-electron chi connectivity index (χ4n) is 13.8. The van der Waals surface area contributed by atoms with Gasteiger partial charge >= 0.3 is 0 Å². The number of nitrogens with zero attached hydrogens (tertiary/aromatic N) is 4. The maximum absolute atomic E-state index is 10.3. The molecule has 0 amide bonds. The Labute approximate surface area is 483 Å². The molecule has 0 radical (unpaired) electrons. The number of benzene rings is 11. The van der Waals surface area contributed by atoms with Crippen LogP contribution >= 0.6 is 11.3 Å². The SMILES string of the molecule is COc1ccc(C2(c3ccc(OC)cc3)c3ccccc3-c3c(-c4sc(-c5cccc6c5-c5ccccc5C6(c5ccc(OC)cc5)c5ccc(OC)cc5)c5nc6c7ccc(C#N)cc7c7cc(C#N)ccc7c6nc45)cccc32)cc1. The summed E-state index contributed by atoms with van der Waals surface area (Å²) in [5, 5.41) is 23.9. The Kier molecular flexibility index (Phi) is 11.3. The van der Waals surface area contributed by atoms with Gasteiger partial charge in [-0.05, 0) is 150 Å². The van der Waals surface area contributed by atoms with E-state index in [1.807, 2.05) is 84.9 Å². The van der Waals surface area contributed by atoms with Crippen LogP contribution in [0.4, 0.5) is 0 Å². The van der Waals surface area contributed by atoms with E-state index in [2.05, 4.69) is 146 Å². The number of methoxy groups -OCH3 is 4. The fourth-order valence-corrected chi connectivity index (χ4v) is 15.0. The van der Waals surface area contributed by atoms with E-state index in [0.717, 1.165) is 143 Å². The Bertz CT molecular complexity index is 4520. The Balaban J connectivity index is 1.08. The maximum atomic E-state index is 10.3. The van der Waals surface area contributed by atoms with E-state index >= 15 is 0 Å². The summed E-state index contributed by atoms with van der Waals surface area (Å²) in [5.41, 5.74) is 18.0. The highest BCUT2D eigenvalue weighted by Gasteiger charge is 2.49. The van der Waals surface area contributed by atoms with Crippen molar-refractivity contribution in [3.8, 4) is 78.3 Å². The van der Waals surface area contributed by atoms with Crippen LogP contribution in [0.25, 0.3) is 86.7 Å². The summed E-state index contributed by atoms with van der Waals surface area (Å²) in [6.07, 6.45) is 0. The van der Waals surface area contributed by atoms with Gasteiger partial charge in [-0.15, -0.1) is 11.3 Å². The molecular weight excluding hydrogens is 1040 g/mol. The zero-order valence-electron chi connectivity index (χ0n) is 45.6. The second-order valence-electron chi connectivity index (χ2n) is 21.1. The van der Waals surface area contributed by atoms with Crippen molar-refractivity contribution in [3.63, 3.8) is 0 Å². The van der Waals surface area contributed by atoms with E-state index in [4.69, 9.17) is 28.9 Å². The molecule has 9 heteroatoms. The molecule has 2 aliphatic rings. The molecule has 0 spiro atoms. The second-order valence-corrected chi connectivity index (χ2v) is 22.1. The summed E-state index contributed by atoms with van der Waals surface area (Å²) in [7, 11) is 6.80. The monoisotopic (exact) mass is 1090 g/mol. The van der Waals surface area contributed by atoms with Crippen LogP contribution in [0.5, 0.6) is 23.0 Å². The van der Waals surface area contributed by atoms with Crippen LogP contribution in [0, 0.1) is 22.7 Å². The molecule has 8 nitrogen and oxygen atoms in total. The molecule has 11 aromatic carbocycles. The molecule has 0 atom stereocenters. The molecule has 13 aromatic rings. The summed E-state index contributed by atoms with van der Waals surface area (Å²) >= 11 is 1.72. The van der Waals surface area contributed by atoms with Crippen molar-refractivity contribution in [2.45, 2.75) is 10.8 Å². The van der Waals surface area contributed by atoms with E-state index in [-0.39, 0.29) is 0 Å². The highest BCUT2D eigenvalue weighted by molar-refractivity contribution is 7.21. The number of fused-ring (bicyclic) bond motifs is 13. The van der Waals surface area contributed by atoms with Gasteiger partial charge in [-0.25, -0.2) is 9.97 Å². The highest BCUT2D eigenvalue weighted by Crippen LogP contribution is 2.63. The van der Waals surface area contributed by atoms with E-state index in [0.29, 0.717) is 22.2 Å². The van der Waals surface area contributed by atoms with Crippen molar-refractivity contribution in [1.29, 1.82) is 10.5 Å². The highest BCUT2D eigenvalue weighted by atomic mass is 32.1. The van der Waals surface area contributed by atoms with Crippen LogP contribution in [-0.2, 0) is 10.8 Å².